The second-order valence-corrected chi connectivity index (χ2v) is 9.93. The largest absolute Gasteiger partial charge is 0.497 e. The van der Waals surface area contributed by atoms with E-state index in [1.165, 1.54) is 11.9 Å². The van der Waals surface area contributed by atoms with E-state index in [0.29, 0.717) is 17.9 Å². The van der Waals surface area contributed by atoms with Crippen molar-refractivity contribution >= 4 is 27.5 Å². The van der Waals surface area contributed by atoms with Gasteiger partial charge in [0, 0.05) is 13.6 Å². The van der Waals surface area contributed by atoms with Crippen LogP contribution in [0.15, 0.2) is 42.5 Å². The average Bonchev–Trinajstić information content (AvgIpc) is 2.75. The average molecular weight is 476 g/mol. The van der Waals surface area contributed by atoms with Crippen LogP contribution in [-0.4, -0.2) is 58.1 Å². The van der Waals surface area contributed by atoms with Gasteiger partial charge in [0.15, 0.2) is 0 Å². The van der Waals surface area contributed by atoms with Crippen LogP contribution in [0.3, 0.4) is 0 Å². The molecule has 2 rings (SSSR count). The van der Waals surface area contributed by atoms with Gasteiger partial charge in [0.2, 0.25) is 21.8 Å². The second-order valence-electron chi connectivity index (χ2n) is 8.03. The number of amides is 2. The number of carbonyl (C=O) groups is 2. The topological polar surface area (TPSA) is 96.0 Å². The zero-order valence-corrected chi connectivity index (χ0v) is 20.9. The van der Waals surface area contributed by atoms with Crippen LogP contribution in [-0.2, 0) is 26.2 Å². The monoisotopic (exact) mass is 475 g/mol. The van der Waals surface area contributed by atoms with Crippen molar-refractivity contribution in [2.45, 2.75) is 39.8 Å². The molecule has 0 saturated carbocycles. The number of hydrogen-bond donors (Lipinski definition) is 1. The van der Waals surface area contributed by atoms with Gasteiger partial charge in [-0.15, -0.1) is 0 Å². The van der Waals surface area contributed by atoms with Crippen molar-refractivity contribution in [1.29, 1.82) is 0 Å². The molecule has 9 heteroatoms. The van der Waals surface area contributed by atoms with Crippen molar-refractivity contribution in [3.63, 3.8) is 0 Å². The zero-order chi connectivity index (χ0) is 24.8. The van der Waals surface area contributed by atoms with Crippen LogP contribution in [0.5, 0.6) is 5.75 Å². The molecule has 0 fully saturated rings. The maximum atomic E-state index is 13.5. The van der Waals surface area contributed by atoms with Crippen molar-refractivity contribution in [1.82, 2.24) is 10.2 Å². The molecule has 180 valence electrons. The molecular formula is C24H33N3O5S. The molecule has 0 aliphatic heterocycles. The lowest BCUT2D eigenvalue weighted by atomic mass is 10.1. The Bertz CT molecular complexity index is 1080. The molecule has 0 spiro atoms. The molecular weight excluding hydrogens is 442 g/mol. The molecule has 2 amide bonds. The van der Waals surface area contributed by atoms with Crippen LogP contribution in [0.25, 0.3) is 0 Å². The minimum atomic E-state index is -3.76. The molecule has 1 atom stereocenters. The van der Waals surface area contributed by atoms with Crippen LogP contribution < -0.4 is 14.4 Å². The summed E-state index contributed by atoms with van der Waals surface area (Å²) in [6.07, 6.45) is 1.44. The lowest BCUT2D eigenvalue weighted by molar-refractivity contribution is -0.140. The van der Waals surface area contributed by atoms with E-state index in [1.807, 2.05) is 32.9 Å². The Morgan fingerprint density at radius 2 is 1.73 bits per heavy atom. The summed E-state index contributed by atoms with van der Waals surface area (Å²) in [7, 11) is -0.694. The highest BCUT2D eigenvalue weighted by molar-refractivity contribution is 7.92. The maximum absolute atomic E-state index is 13.5. The van der Waals surface area contributed by atoms with Gasteiger partial charge in [-0.05, 0) is 61.2 Å². The third kappa shape index (κ3) is 6.95. The van der Waals surface area contributed by atoms with E-state index in [1.54, 1.807) is 37.4 Å². The molecule has 0 aromatic heterocycles. The number of benzene rings is 2. The van der Waals surface area contributed by atoms with E-state index in [-0.39, 0.29) is 12.5 Å². The van der Waals surface area contributed by atoms with Crippen LogP contribution >= 0.6 is 0 Å². The van der Waals surface area contributed by atoms with E-state index in [9.17, 15) is 18.0 Å². The standard InChI is InChI=1S/C24H33N3O5S/c1-7-22(24(29)25-4)26(15-19-9-8-10-21(14-19)32-5)23(28)16-27(33(6,30)31)20-12-17(2)11-18(3)13-20/h8-14,22H,7,15-16H2,1-6H3,(H,25,29)/t22-/m0/s1. The number of methoxy groups -OCH3 is 1. The molecule has 0 radical (unpaired) electrons. The first-order chi connectivity index (χ1) is 15.5. The third-order valence-corrected chi connectivity index (χ3v) is 6.43. The molecule has 0 saturated heterocycles. The van der Waals surface area contributed by atoms with Gasteiger partial charge in [0.05, 0.1) is 19.1 Å². The molecule has 0 bridgehead atoms. The first-order valence-corrected chi connectivity index (χ1v) is 12.5. The van der Waals surface area contributed by atoms with Gasteiger partial charge >= 0.3 is 0 Å². The second kappa shape index (κ2) is 11.2. The molecule has 1 N–H and O–H groups in total. The summed E-state index contributed by atoms with van der Waals surface area (Å²) in [4.78, 5) is 27.5. The Labute approximate surface area is 196 Å². The minimum Gasteiger partial charge on any atom is -0.497 e. The fraction of sp³-hybridized carbons (Fsp3) is 0.417. The summed E-state index contributed by atoms with van der Waals surface area (Å²) >= 11 is 0. The highest BCUT2D eigenvalue weighted by Crippen LogP contribution is 2.23. The Morgan fingerprint density at radius 3 is 2.24 bits per heavy atom. The van der Waals surface area contributed by atoms with Gasteiger partial charge in [0.1, 0.15) is 18.3 Å². The summed E-state index contributed by atoms with van der Waals surface area (Å²) in [5.41, 5.74) is 2.95. The number of nitrogens with zero attached hydrogens (tertiary/aromatic N) is 2. The van der Waals surface area contributed by atoms with Gasteiger partial charge in [-0.2, -0.15) is 0 Å². The fourth-order valence-electron chi connectivity index (χ4n) is 3.76. The Hall–Kier alpha value is -3.07. The Balaban J connectivity index is 2.47. The smallest absolute Gasteiger partial charge is 0.244 e. The number of likely N-dealkylation sites (N-methyl/N-ethyl adjacent to an activating group) is 1. The van der Waals surface area contributed by atoms with Crippen LogP contribution in [0.2, 0.25) is 0 Å². The highest BCUT2D eigenvalue weighted by Gasteiger charge is 2.31. The Morgan fingerprint density at radius 1 is 1.09 bits per heavy atom. The number of rotatable bonds is 10. The lowest BCUT2D eigenvalue weighted by Crippen LogP contribution is -2.51. The maximum Gasteiger partial charge on any atom is 0.244 e. The van der Waals surface area contributed by atoms with Gasteiger partial charge in [0.25, 0.3) is 0 Å². The number of ether oxygens (including phenoxy) is 1. The van der Waals surface area contributed by atoms with Crippen LogP contribution in [0, 0.1) is 13.8 Å². The van der Waals surface area contributed by atoms with E-state index >= 15 is 0 Å². The molecule has 2 aromatic carbocycles. The number of carbonyl (C=O) groups excluding carboxylic acids is 2. The number of hydrogen-bond acceptors (Lipinski definition) is 5. The van der Waals surface area contributed by atoms with Crippen molar-refractivity contribution in [3.8, 4) is 5.75 Å². The molecule has 8 nitrogen and oxygen atoms in total. The third-order valence-electron chi connectivity index (χ3n) is 5.29. The molecule has 0 heterocycles. The van der Waals surface area contributed by atoms with E-state index in [0.717, 1.165) is 27.3 Å². The molecule has 0 aliphatic rings. The highest BCUT2D eigenvalue weighted by atomic mass is 32.2. The van der Waals surface area contributed by atoms with Crippen molar-refractivity contribution < 1.29 is 22.7 Å². The van der Waals surface area contributed by atoms with Crippen molar-refractivity contribution in [2.75, 3.05) is 31.3 Å². The Kier molecular flexibility index (Phi) is 8.87. The van der Waals surface area contributed by atoms with E-state index in [4.69, 9.17) is 4.74 Å². The zero-order valence-electron chi connectivity index (χ0n) is 20.1. The van der Waals surface area contributed by atoms with E-state index in [2.05, 4.69) is 5.32 Å². The molecule has 0 aliphatic carbocycles. The molecule has 0 unspecified atom stereocenters. The van der Waals surface area contributed by atoms with Crippen LogP contribution in [0.1, 0.15) is 30.0 Å². The summed E-state index contributed by atoms with van der Waals surface area (Å²) < 4.78 is 31.6. The minimum absolute atomic E-state index is 0.131. The molecule has 33 heavy (non-hydrogen) atoms. The molecule has 2 aromatic rings. The van der Waals surface area contributed by atoms with E-state index < -0.39 is 28.5 Å². The van der Waals surface area contributed by atoms with Crippen LogP contribution in [0.4, 0.5) is 5.69 Å². The summed E-state index contributed by atoms with van der Waals surface area (Å²) in [5.74, 6) is -0.162. The van der Waals surface area contributed by atoms with Gasteiger partial charge in [-0.1, -0.05) is 25.1 Å². The predicted octanol–water partition coefficient (Wildman–Crippen LogP) is 2.63. The predicted molar refractivity (Wildman–Crippen MR) is 130 cm³/mol. The van der Waals surface area contributed by atoms with Gasteiger partial charge in [-0.25, -0.2) is 8.42 Å². The number of aryl methyl sites for hydroxylation is 2. The van der Waals surface area contributed by atoms with Gasteiger partial charge < -0.3 is 15.0 Å². The first-order valence-electron chi connectivity index (χ1n) is 10.7. The number of sulfonamides is 1. The van der Waals surface area contributed by atoms with Crippen molar-refractivity contribution in [2.24, 2.45) is 0 Å². The quantitative estimate of drug-likeness (QED) is 0.570. The summed E-state index contributed by atoms with van der Waals surface area (Å²) in [6, 6.07) is 11.8. The van der Waals surface area contributed by atoms with Crippen molar-refractivity contribution in [3.05, 3.63) is 59.2 Å². The summed E-state index contributed by atoms with van der Waals surface area (Å²) in [6.45, 7) is 5.26. The number of anilines is 1. The lowest BCUT2D eigenvalue weighted by Gasteiger charge is -2.32. The summed E-state index contributed by atoms with van der Waals surface area (Å²) in [5, 5.41) is 2.60. The fourth-order valence-corrected chi connectivity index (χ4v) is 4.60. The first kappa shape index (κ1) is 26.2. The normalized spacial score (nSPS) is 12.1. The SMILES string of the molecule is CC[C@@H](C(=O)NC)N(Cc1cccc(OC)c1)C(=O)CN(c1cc(C)cc(C)c1)S(C)(=O)=O. The van der Waals surface area contributed by atoms with Gasteiger partial charge in [-0.3, -0.25) is 13.9 Å². The number of nitrogens with one attached hydrogen (secondary N) is 1.